The second kappa shape index (κ2) is 5.25. The second-order valence-electron chi connectivity index (χ2n) is 3.57. The number of benzene rings is 2. The Morgan fingerprint density at radius 2 is 1.65 bits per heavy atom. The van der Waals surface area contributed by atoms with Crippen LogP contribution in [0, 0.1) is 5.82 Å². The van der Waals surface area contributed by atoms with Gasteiger partial charge in [-0.2, -0.15) is 0 Å². The molecule has 86 valence electrons. The van der Waals surface area contributed by atoms with E-state index in [2.05, 4.69) is 0 Å². The molecule has 0 saturated carbocycles. The van der Waals surface area contributed by atoms with Crippen molar-refractivity contribution in [2.45, 2.75) is 6.42 Å². The van der Waals surface area contributed by atoms with Gasteiger partial charge in [-0.05, 0) is 17.7 Å². The van der Waals surface area contributed by atoms with E-state index in [0.29, 0.717) is 0 Å². The topological polar surface area (TPSA) is 26.3 Å². The van der Waals surface area contributed by atoms with Gasteiger partial charge in [0.15, 0.2) is 11.6 Å². The maximum absolute atomic E-state index is 13.2. The molecule has 0 fully saturated rings. The molecule has 0 aliphatic heterocycles. The van der Waals surface area contributed by atoms with Crippen molar-refractivity contribution in [2.24, 2.45) is 0 Å². The Kier molecular flexibility index (Phi) is 3.50. The smallest absolute Gasteiger partial charge is 0.315 e. The zero-order valence-electron chi connectivity index (χ0n) is 9.10. The van der Waals surface area contributed by atoms with E-state index in [4.69, 9.17) is 4.74 Å². The summed E-state index contributed by atoms with van der Waals surface area (Å²) in [6.07, 6.45) is 0.134. The van der Waals surface area contributed by atoms with Crippen LogP contribution in [-0.2, 0) is 11.2 Å². The molecular weight excluding hydrogens is 219 g/mol. The normalized spacial score (nSPS) is 9.94. The Bertz CT molecular complexity index is 509. The van der Waals surface area contributed by atoms with Gasteiger partial charge in [0.05, 0.1) is 6.42 Å². The van der Waals surface area contributed by atoms with Gasteiger partial charge in [0, 0.05) is 0 Å². The molecule has 0 radical (unpaired) electrons. The van der Waals surface area contributed by atoms with Crippen LogP contribution in [0.1, 0.15) is 5.56 Å². The fourth-order valence-electron chi connectivity index (χ4n) is 1.45. The summed E-state index contributed by atoms with van der Waals surface area (Å²) in [5, 5.41) is 0. The van der Waals surface area contributed by atoms with Crippen LogP contribution in [-0.4, -0.2) is 5.97 Å². The zero-order chi connectivity index (χ0) is 12.1. The maximum Gasteiger partial charge on any atom is 0.315 e. The van der Waals surface area contributed by atoms with Crippen molar-refractivity contribution in [2.75, 3.05) is 0 Å². The Labute approximate surface area is 98.7 Å². The van der Waals surface area contributed by atoms with Crippen molar-refractivity contribution in [3.8, 4) is 5.75 Å². The third kappa shape index (κ3) is 3.14. The minimum atomic E-state index is -0.533. The first-order valence-corrected chi connectivity index (χ1v) is 5.25. The summed E-state index contributed by atoms with van der Waals surface area (Å²) >= 11 is 0. The van der Waals surface area contributed by atoms with Gasteiger partial charge in [0.1, 0.15) is 0 Å². The maximum atomic E-state index is 13.2. The number of hydrogen-bond acceptors (Lipinski definition) is 2. The second-order valence-corrected chi connectivity index (χ2v) is 3.57. The van der Waals surface area contributed by atoms with Crippen LogP contribution in [0.5, 0.6) is 5.75 Å². The number of ether oxygens (including phenoxy) is 1. The summed E-state index contributed by atoms with van der Waals surface area (Å²) in [6.45, 7) is 0. The molecule has 0 atom stereocenters. The lowest BCUT2D eigenvalue weighted by Crippen LogP contribution is -2.11. The molecule has 2 aromatic carbocycles. The molecule has 2 nitrogen and oxygen atoms in total. The van der Waals surface area contributed by atoms with Gasteiger partial charge in [-0.1, -0.05) is 42.5 Å². The minimum absolute atomic E-state index is 0.0339. The number of halogens is 1. The molecule has 2 aromatic rings. The molecule has 3 heteroatoms. The Balaban J connectivity index is 2.01. The molecule has 2 rings (SSSR count). The van der Waals surface area contributed by atoms with Crippen LogP contribution in [0.2, 0.25) is 0 Å². The number of esters is 1. The highest BCUT2D eigenvalue weighted by Crippen LogP contribution is 2.16. The van der Waals surface area contributed by atoms with Crippen molar-refractivity contribution in [3.63, 3.8) is 0 Å². The van der Waals surface area contributed by atoms with Crippen LogP contribution >= 0.6 is 0 Å². The van der Waals surface area contributed by atoms with Crippen molar-refractivity contribution >= 4 is 5.97 Å². The summed E-state index contributed by atoms with van der Waals surface area (Å²) in [4.78, 5) is 11.5. The van der Waals surface area contributed by atoms with E-state index < -0.39 is 11.8 Å². The molecule has 17 heavy (non-hydrogen) atoms. The molecular formula is C14H11FO2. The summed E-state index contributed by atoms with van der Waals surface area (Å²) in [7, 11) is 0. The van der Waals surface area contributed by atoms with Gasteiger partial charge in [-0.25, -0.2) is 4.39 Å². The predicted molar refractivity (Wildman–Crippen MR) is 62.2 cm³/mol. The van der Waals surface area contributed by atoms with Gasteiger partial charge in [-0.15, -0.1) is 0 Å². The van der Waals surface area contributed by atoms with E-state index in [-0.39, 0.29) is 12.2 Å². The summed E-state index contributed by atoms with van der Waals surface area (Å²) in [6, 6.07) is 15.0. The predicted octanol–water partition coefficient (Wildman–Crippen LogP) is 2.97. The van der Waals surface area contributed by atoms with Gasteiger partial charge in [-0.3, -0.25) is 4.79 Å². The largest absolute Gasteiger partial charge is 0.423 e. The fourth-order valence-corrected chi connectivity index (χ4v) is 1.45. The molecule has 0 aromatic heterocycles. The van der Waals surface area contributed by atoms with Crippen molar-refractivity contribution in [3.05, 3.63) is 66.0 Å². The van der Waals surface area contributed by atoms with Crippen molar-refractivity contribution < 1.29 is 13.9 Å². The van der Waals surface area contributed by atoms with Crippen LogP contribution in [0.4, 0.5) is 4.39 Å². The molecule has 0 spiro atoms. The molecule has 0 aliphatic rings. The van der Waals surface area contributed by atoms with E-state index in [0.717, 1.165) is 5.56 Å². The molecule has 0 aliphatic carbocycles. The van der Waals surface area contributed by atoms with Gasteiger partial charge >= 0.3 is 5.97 Å². The SMILES string of the molecule is O=C(Cc1ccccc1)Oc1ccccc1F. The third-order valence-corrected chi connectivity index (χ3v) is 2.25. The van der Waals surface area contributed by atoms with Crippen LogP contribution in [0.25, 0.3) is 0 Å². The van der Waals surface area contributed by atoms with Gasteiger partial charge in [0.2, 0.25) is 0 Å². The molecule has 0 saturated heterocycles. The average molecular weight is 230 g/mol. The molecule has 0 bridgehead atoms. The van der Waals surface area contributed by atoms with E-state index in [1.807, 2.05) is 30.3 Å². The lowest BCUT2D eigenvalue weighted by atomic mass is 10.2. The van der Waals surface area contributed by atoms with Crippen LogP contribution < -0.4 is 4.74 Å². The Morgan fingerprint density at radius 3 is 2.35 bits per heavy atom. The Morgan fingerprint density at radius 1 is 1.00 bits per heavy atom. The fraction of sp³-hybridized carbons (Fsp3) is 0.0714. The minimum Gasteiger partial charge on any atom is -0.423 e. The molecule has 0 unspecified atom stereocenters. The van der Waals surface area contributed by atoms with Gasteiger partial charge < -0.3 is 4.74 Å². The van der Waals surface area contributed by atoms with E-state index in [9.17, 15) is 9.18 Å². The van der Waals surface area contributed by atoms with E-state index in [1.54, 1.807) is 12.1 Å². The monoisotopic (exact) mass is 230 g/mol. The quantitative estimate of drug-likeness (QED) is 0.598. The summed E-state index contributed by atoms with van der Waals surface area (Å²) < 4.78 is 18.1. The van der Waals surface area contributed by atoms with Crippen LogP contribution in [0.3, 0.4) is 0 Å². The van der Waals surface area contributed by atoms with Gasteiger partial charge in [0.25, 0.3) is 0 Å². The highest BCUT2D eigenvalue weighted by atomic mass is 19.1. The number of hydrogen-bond donors (Lipinski definition) is 0. The zero-order valence-corrected chi connectivity index (χ0v) is 9.10. The summed E-state index contributed by atoms with van der Waals surface area (Å²) in [5.74, 6) is -1.04. The Hall–Kier alpha value is -2.16. The highest BCUT2D eigenvalue weighted by molar-refractivity contribution is 5.75. The first-order valence-electron chi connectivity index (χ1n) is 5.25. The standard InChI is InChI=1S/C14H11FO2/c15-12-8-4-5-9-13(12)17-14(16)10-11-6-2-1-3-7-11/h1-9H,10H2. The number of para-hydroxylation sites is 1. The lowest BCUT2D eigenvalue weighted by Gasteiger charge is -2.04. The van der Waals surface area contributed by atoms with Crippen molar-refractivity contribution in [1.29, 1.82) is 0 Å². The first-order chi connectivity index (χ1) is 8.25. The van der Waals surface area contributed by atoms with E-state index >= 15 is 0 Å². The average Bonchev–Trinajstić information content (AvgIpc) is 2.33. The number of carbonyl (C=O) groups is 1. The molecule has 0 amide bonds. The van der Waals surface area contributed by atoms with E-state index in [1.165, 1.54) is 12.1 Å². The van der Waals surface area contributed by atoms with Crippen LogP contribution in [0.15, 0.2) is 54.6 Å². The molecule has 0 N–H and O–H groups in total. The summed E-state index contributed by atoms with van der Waals surface area (Å²) in [5.41, 5.74) is 0.842. The van der Waals surface area contributed by atoms with Crippen molar-refractivity contribution in [1.82, 2.24) is 0 Å². The lowest BCUT2D eigenvalue weighted by molar-refractivity contribution is -0.133. The first kappa shape index (κ1) is 11.3. The molecule has 0 heterocycles. The number of carbonyl (C=O) groups excluding carboxylic acids is 1. The highest BCUT2D eigenvalue weighted by Gasteiger charge is 2.09. The third-order valence-electron chi connectivity index (χ3n) is 2.25. The number of rotatable bonds is 3.